The molecule has 1 nitrogen and oxygen atoms in total. The Hall–Kier alpha value is 0.250. The summed E-state index contributed by atoms with van der Waals surface area (Å²) in [6.45, 7) is 4.30. The summed E-state index contributed by atoms with van der Waals surface area (Å²) in [6, 6.07) is 0. The van der Waals surface area contributed by atoms with Crippen molar-refractivity contribution < 1.29 is 4.74 Å². The van der Waals surface area contributed by atoms with E-state index < -0.39 is 0 Å². The van der Waals surface area contributed by atoms with Gasteiger partial charge in [-0.1, -0.05) is 25.4 Å². The van der Waals surface area contributed by atoms with Crippen LogP contribution in [0.2, 0.25) is 0 Å². The Labute approximate surface area is 104 Å². The summed E-state index contributed by atoms with van der Waals surface area (Å²) in [6.07, 6.45) is 8.27. The van der Waals surface area contributed by atoms with Crippen molar-refractivity contribution in [1.82, 2.24) is 0 Å². The fraction of sp³-hybridized carbons (Fsp3) is 1.00. The predicted octanol–water partition coefficient (Wildman–Crippen LogP) is 4.19. The van der Waals surface area contributed by atoms with Gasteiger partial charge in [-0.25, -0.2) is 0 Å². The van der Waals surface area contributed by atoms with E-state index in [1.165, 1.54) is 38.5 Å². The number of hydrogen-bond donors (Lipinski definition) is 0. The van der Waals surface area contributed by atoms with Gasteiger partial charge in [0.05, 0.1) is 5.60 Å². The van der Waals surface area contributed by atoms with Gasteiger partial charge in [-0.15, -0.1) is 0 Å². The van der Waals surface area contributed by atoms with Gasteiger partial charge in [0.2, 0.25) is 0 Å². The summed E-state index contributed by atoms with van der Waals surface area (Å²) in [4.78, 5) is 0. The van der Waals surface area contributed by atoms with Crippen LogP contribution in [0.15, 0.2) is 0 Å². The zero-order valence-corrected chi connectivity index (χ0v) is 11.2. The van der Waals surface area contributed by atoms with Crippen molar-refractivity contribution in [2.45, 2.75) is 63.5 Å². The van der Waals surface area contributed by atoms with Crippen LogP contribution < -0.4 is 0 Å². The molecule has 0 spiro atoms. The molecule has 0 radical (unpaired) electrons. The predicted molar refractivity (Wildman–Crippen MR) is 66.5 cm³/mol. The maximum atomic E-state index is 6.33. The SMILES string of the molecule is CC(C)C(Cl)OC12CC3CC(CC(C3)C1)C2. The molecule has 4 aliphatic rings. The van der Waals surface area contributed by atoms with E-state index >= 15 is 0 Å². The first kappa shape index (κ1) is 11.3. The van der Waals surface area contributed by atoms with E-state index in [1.54, 1.807) is 0 Å². The molecule has 2 heteroatoms. The van der Waals surface area contributed by atoms with Crippen molar-refractivity contribution in [3.05, 3.63) is 0 Å². The number of ether oxygens (including phenoxy) is 1. The van der Waals surface area contributed by atoms with Crippen molar-refractivity contribution in [1.29, 1.82) is 0 Å². The number of rotatable bonds is 3. The Morgan fingerprint density at radius 1 is 1.00 bits per heavy atom. The summed E-state index contributed by atoms with van der Waals surface area (Å²) in [5, 5.41) is 0. The molecule has 0 aromatic carbocycles. The average Bonchev–Trinajstić information content (AvgIpc) is 2.13. The van der Waals surface area contributed by atoms with Crippen molar-refractivity contribution in [2.75, 3.05) is 0 Å². The molecular formula is C14H23ClO. The highest BCUT2D eigenvalue weighted by atomic mass is 35.5. The second-order valence-corrected chi connectivity index (χ2v) is 7.24. The Balaban J connectivity index is 1.73. The van der Waals surface area contributed by atoms with Crippen LogP contribution in [-0.4, -0.2) is 11.2 Å². The second kappa shape index (κ2) is 3.88. The Morgan fingerprint density at radius 2 is 1.44 bits per heavy atom. The minimum atomic E-state index is -0.0868. The molecule has 4 aliphatic carbocycles. The lowest BCUT2D eigenvalue weighted by atomic mass is 9.54. The average molecular weight is 243 g/mol. The van der Waals surface area contributed by atoms with Crippen LogP contribution in [0.1, 0.15) is 52.4 Å². The maximum Gasteiger partial charge on any atom is 0.134 e. The number of hydrogen-bond acceptors (Lipinski definition) is 1. The highest BCUT2D eigenvalue weighted by Crippen LogP contribution is 2.57. The van der Waals surface area contributed by atoms with E-state index in [4.69, 9.17) is 16.3 Å². The topological polar surface area (TPSA) is 9.23 Å². The minimum Gasteiger partial charge on any atom is -0.356 e. The van der Waals surface area contributed by atoms with E-state index in [-0.39, 0.29) is 11.2 Å². The van der Waals surface area contributed by atoms with Gasteiger partial charge >= 0.3 is 0 Å². The molecule has 0 aliphatic heterocycles. The molecule has 0 heterocycles. The molecule has 4 saturated carbocycles. The van der Waals surface area contributed by atoms with Crippen LogP contribution in [0.25, 0.3) is 0 Å². The van der Waals surface area contributed by atoms with E-state index in [1.807, 2.05) is 0 Å². The molecule has 1 unspecified atom stereocenters. The fourth-order valence-electron chi connectivity index (χ4n) is 4.55. The molecule has 0 N–H and O–H groups in total. The largest absolute Gasteiger partial charge is 0.356 e. The third-order valence-electron chi connectivity index (χ3n) is 4.87. The Bertz CT molecular complexity index is 239. The lowest BCUT2D eigenvalue weighted by Gasteiger charge is -2.56. The van der Waals surface area contributed by atoms with Crippen LogP contribution in [-0.2, 0) is 4.74 Å². The van der Waals surface area contributed by atoms with Crippen LogP contribution in [0.5, 0.6) is 0 Å². The van der Waals surface area contributed by atoms with Gasteiger partial charge in [-0.2, -0.15) is 0 Å². The van der Waals surface area contributed by atoms with Gasteiger partial charge in [0.15, 0.2) is 0 Å². The second-order valence-electron chi connectivity index (χ2n) is 6.81. The van der Waals surface area contributed by atoms with Crippen LogP contribution >= 0.6 is 11.6 Å². The maximum absolute atomic E-state index is 6.33. The van der Waals surface area contributed by atoms with Crippen LogP contribution in [0, 0.1) is 23.7 Å². The van der Waals surface area contributed by atoms with Gasteiger partial charge in [-0.05, 0) is 62.2 Å². The molecule has 0 aromatic rings. The van der Waals surface area contributed by atoms with Crippen molar-refractivity contribution in [2.24, 2.45) is 23.7 Å². The first-order valence-electron chi connectivity index (χ1n) is 6.88. The third kappa shape index (κ3) is 1.90. The smallest absolute Gasteiger partial charge is 0.134 e. The van der Waals surface area contributed by atoms with Gasteiger partial charge in [0, 0.05) is 0 Å². The standard InChI is InChI=1S/C14H23ClO/c1-9(2)13(15)16-14-6-10-3-11(7-14)5-12(4-10)8-14/h9-13H,3-8H2,1-2H3. The fourth-order valence-corrected chi connectivity index (χ4v) is 4.74. The molecule has 92 valence electrons. The summed E-state index contributed by atoms with van der Waals surface area (Å²) in [7, 11) is 0. The lowest BCUT2D eigenvalue weighted by Crippen LogP contribution is -2.53. The molecule has 1 atom stereocenters. The molecule has 4 fully saturated rings. The molecule has 16 heavy (non-hydrogen) atoms. The summed E-state index contributed by atoms with van der Waals surface area (Å²) in [5.41, 5.74) is 0.0853. The third-order valence-corrected chi connectivity index (χ3v) is 5.46. The number of alkyl halides is 1. The minimum absolute atomic E-state index is 0.0868. The zero-order valence-electron chi connectivity index (χ0n) is 10.4. The summed E-state index contributed by atoms with van der Waals surface area (Å²) >= 11 is 6.33. The number of halogens is 1. The van der Waals surface area contributed by atoms with Crippen molar-refractivity contribution in [3.8, 4) is 0 Å². The summed E-state index contributed by atoms with van der Waals surface area (Å²) < 4.78 is 6.28. The van der Waals surface area contributed by atoms with E-state index in [0.717, 1.165) is 17.8 Å². The highest BCUT2D eigenvalue weighted by Gasteiger charge is 2.52. The first-order valence-corrected chi connectivity index (χ1v) is 7.32. The van der Waals surface area contributed by atoms with Crippen molar-refractivity contribution >= 4 is 11.6 Å². The normalized spacial score (nSPS) is 47.6. The monoisotopic (exact) mass is 242 g/mol. The zero-order chi connectivity index (χ0) is 11.3. The Morgan fingerprint density at radius 3 is 1.81 bits per heavy atom. The lowest BCUT2D eigenvalue weighted by molar-refractivity contribution is -0.177. The Kier molecular flexibility index (Phi) is 2.75. The molecule has 4 bridgehead atoms. The van der Waals surface area contributed by atoms with Gasteiger partial charge < -0.3 is 4.74 Å². The quantitative estimate of drug-likeness (QED) is 0.675. The van der Waals surface area contributed by atoms with Crippen LogP contribution in [0.3, 0.4) is 0 Å². The molecular weight excluding hydrogens is 220 g/mol. The van der Waals surface area contributed by atoms with Gasteiger partial charge in [0.25, 0.3) is 0 Å². The first-order chi connectivity index (χ1) is 7.56. The highest BCUT2D eigenvalue weighted by molar-refractivity contribution is 6.19. The molecule has 4 rings (SSSR count). The van der Waals surface area contributed by atoms with Gasteiger partial charge in [-0.3, -0.25) is 0 Å². The summed E-state index contributed by atoms with van der Waals surface area (Å²) in [5.74, 6) is 3.27. The van der Waals surface area contributed by atoms with E-state index in [9.17, 15) is 0 Å². The molecule has 0 aromatic heterocycles. The van der Waals surface area contributed by atoms with E-state index in [2.05, 4.69) is 13.8 Å². The van der Waals surface area contributed by atoms with Crippen molar-refractivity contribution in [3.63, 3.8) is 0 Å². The van der Waals surface area contributed by atoms with Gasteiger partial charge in [0.1, 0.15) is 5.56 Å². The molecule has 0 amide bonds. The van der Waals surface area contributed by atoms with E-state index in [0.29, 0.717) is 5.92 Å². The van der Waals surface area contributed by atoms with Crippen LogP contribution in [0.4, 0.5) is 0 Å². The molecule has 0 saturated heterocycles.